The minimum atomic E-state index is -0.448. The molecule has 0 aliphatic carbocycles. The Morgan fingerprint density at radius 2 is 2.10 bits per heavy atom. The van der Waals surface area contributed by atoms with Crippen LogP contribution in [0.4, 0.5) is 10.1 Å². The minimum absolute atomic E-state index is 0.107. The molecule has 1 aromatic carbocycles. The van der Waals surface area contributed by atoms with Gasteiger partial charge in [0.1, 0.15) is 11.5 Å². The molecule has 3 aromatic rings. The second-order valence-corrected chi connectivity index (χ2v) is 4.86. The molecule has 0 spiro atoms. The lowest BCUT2D eigenvalue weighted by molar-refractivity contribution is -0.115. The van der Waals surface area contributed by atoms with Crippen molar-refractivity contribution < 1.29 is 9.18 Å². The van der Waals surface area contributed by atoms with Crippen molar-refractivity contribution in [2.45, 2.75) is 13.3 Å². The number of aryl methyl sites for hydroxylation is 1. The summed E-state index contributed by atoms with van der Waals surface area (Å²) in [4.78, 5) is 16.4. The molecule has 1 amide bonds. The average molecular weight is 283 g/mol. The third-order valence-corrected chi connectivity index (χ3v) is 3.22. The molecule has 0 unspecified atom stereocenters. The fourth-order valence-corrected chi connectivity index (χ4v) is 2.21. The first kappa shape index (κ1) is 13.3. The monoisotopic (exact) mass is 283 g/mol. The Morgan fingerprint density at radius 1 is 1.29 bits per heavy atom. The van der Waals surface area contributed by atoms with Gasteiger partial charge in [0, 0.05) is 12.4 Å². The number of rotatable bonds is 3. The van der Waals surface area contributed by atoms with E-state index in [-0.39, 0.29) is 18.0 Å². The number of nitrogens with zero attached hydrogens (tertiary/aromatic N) is 2. The van der Waals surface area contributed by atoms with E-state index in [1.165, 1.54) is 12.1 Å². The second kappa shape index (κ2) is 5.36. The maximum Gasteiger partial charge on any atom is 0.230 e. The van der Waals surface area contributed by atoms with Crippen LogP contribution in [-0.4, -0.2) is 15.3 Å². The Kier molecular flexibility index (Phi) is 3.39. The predicted octanol–water partition coefficient (Wildman–Crippen LogP) is 2.96. The number of fused-ring (bicyclic) bond motifs is 1. The van der Waals surface area contributed by atoms with E-state index in [9.17, 15) is 9.18 Å². The van der Waals surface area contributed by atoms with E-state index in [2.05, 4.69) is 10.3 Å². The van der Waals surface area contributed by atoms with Gasteiger partial charge in [-0.25, -0.2) is 9.37 Å². The highest BCUT2D eigenvalue weighted by molar-refractivity contribution is 5.92. The van der Waals surface area contributed by atoms with E-state index in [0.29, 0.717) is 5.69 Å². The van der Waals surface area contributed by atoms with Crippen LogP contribution in [-0.2, 0) is 11.2 Å². The zero-order valence-electron chi connectivity index (χ0n) is 11.5. The van der Waals surface area contributed by atoms with Gasteiger partial charge in [-0.1, -0.05) is 18.2 Å². The molecule has 2 aromatic heterocycles. The van der Waals surface area contributed by atoms with Crippen LogP contribution in [0.1, 0.15) is 11.3 Å². The van der Waals surface area contributed by atoms with E-state index >= 15 is 0 Å². The molecular formula is C16H14FN3O. The van der Waals surface area contributed by atoms with Crippen molar-refractivity contribution in [3.63, 3.8) is 0 Å². The summed E-state index contributed by atoms with van der Waals surface area (Å²) in [6.07, 6.45) is 3.80. The lowest BCUT2D eigenvalue weighted by atomic mass is 10.2. The SMILES string of the molecule is Cc1cccn2cc(CC(=O)Nc3ccccc3F)nc12. The molecule has 0 bridgehead atoms. The van der Waals surface area contributed by atoms with Crippen molar-refractivity contribution in [2.24, 2.45) is 0 Å². The van der Waals surface area contributed by atoms with Crippen molar-refractivity contribution in [1.82, 2.24) is 9.38 Å². The third kappa shape index (κ3) is 2.76. The number of aromatic nitrogens is 2. The zero-order chi connectivity index (χ0) is 14.8. The summed E-state index contributed by atoms with van der Waals surface area (Å²) in [6.45, 7) is 1.96. The Labute approximate surface area is 121 Å². The first-order valence-electron chi connectivity index (χ1n) is 6.61. The summed E-state index contributed by atoms with van der Waals surface area (Å²) in [5, 5.41) is 2.55. The number of amides is 1. The standard InChI is InChI=1S/C16H14FN3O/c1-11-5-4-8-20-10-12(18-16(11)20)9-15(21)19-14-7-3-2-6-13(14)17/h2-8,10H,9H2,1H3,(H,19,21). The van der Waals surface area contributed by atoms with Crippen molar-refractivity contribution >= 4 is 17.2 Å². The molecule has 5 heteroatoms. The molecule has 0 atom stereocenters. The van der Waals surface area contributed by atoms with Gasteiger partial charge in [-0.3, -0.25) is 4.79 Å². The molecule has 0 fully saturated rings. The highest BCUT2D eigenvalue weighted by Crippen LogP contribution is 2.14. The molecule has 2 heterocycles. The van der Waals surface area contributed by atoms with Crippen LogP contribution >= 0.6 is 0 Å². The number of hydrogen-bond acceptors (Lipinski definition) is 2. The van der Waals surface area contributed by atoms with Crippen LogP contribution in [0.5, 0.6) is 0 Å². The van der Waals surface area contributed by atoms with Crippen molar-refractivity contribution in [3.05, 3.63) is 65.9 Å². The molecule has 1 N–H and O–H groups in total. The van der Waals surface area contributed by atoms with Gasteiger partial charge in [-0.05, 0) is 30.7 Å². The third-order valence-electron chi connectivity index (χ3n) is 3.22. The minimum Gasteiger partial charge on any atom is -0.323 e. The highest BCUT2D eigenvalue weighted by Gasteiger charge is 2.10. The van der Waals surface area contributed by atoms with Crippen molar-refractivity contribution in [3.8, 4) is 0 Å². The Bertz CT molecular complexity index is 810. The number of carbonyl (C=O) groups excluding carboxylic acids is 1. The van der Waals surface area contributed by atoms with Crippen LogP contribution in [0.2, 0.25) is 0 Å². The van der Waals surface area contributed by atoms with Gasteiger partial charge in [-0.2, -0.15) is 0 Å². The van der Waals surface area contributed by atoms with Crippen LogP contribution < -0.4 is 5.32 Å². The van der Waals surface area contributed by atoms with Crippen LogP contribution in [0, 0.1) is 12.7 Å². The number of nitrogens with one attached hydrogen (secondary N) is 1. The molecule has 0 aliphatic rings. The van der Waals surface area contributed by atoms with Crippen LogP contribution in [0.3, 0.4) is 0 Å². The maximum atomic E-state index is 13.5. The topological polar surface area (TPSA) is 46.4 Å². The Hall–Kier alpha value is -2.69. The van der Waals surface area contributed by atoms with Gasteiger partial charge in [0.25, 0.3) is 0 Å². The maximum absolute atomic E-state index is 13.5. The van der Waals surface area contributed by atoms with Crippen molar-refractivity contribution in [1.29, 1.82) is 0 Å². The van der Waals surface area contributed by atoms with E-state index in [1.54, 1.807) is 12.1 Å². The van der Waals surface area contributed by atoms with E-state index in [4.69, 9.17) is 0 Å². The first-order chi connectivity index (χ1) is 10.1. The van der Waals surface area contributed by atoms with Crippen LogP contribution in [0.25, 0.3) is 5.65 Å². The number of pyridine rings is 1. The number of carbonyl (C=O) groups is 1. The number of halogens is 1. The molecule has 21 heavy (non-hydrogen) atoms. The van der Waals surface area contributed by atoms with Gasteiger partial charge >= 0.3 is 0 Å². The van der Waals surface area contributed by atoms with Gasteiger partial charge in [0.05, 0.1) is 17.8 Å². The summed E-state index contributed by atoms with van der Waals surface area (Å²) in [6, 6.07) is 9.98. The largest absolute Gasteiger partial charge is 0.323 e. The van der Waals surface area contributed by atoms with Gasteiger partial charge in [0.15, 0.2) is 0 Å². The summed E-state index contributed by atoms with van der Waals surface area (Å²) in [7, 11) is 0. The van der Waals surface area contributed by atoms with Gasteiger partial charge in [0.2, 0.25) is 5.91 Å². The quantitative estimate of drug-likeness (QED) is 0.803. The molecule has 106 valence electrons. The molecule has 0 radical (unpaired) electrons. The van der Waals surface area contributed by atoms with Crippen molar-refractivity contribution in [2.75, 3.05) is 5.32 Å². The van der Waals surface area contributed by atoms with E-state index in [1.807, 2.05) is 35.9 Å². The number of hydrogen-bond donors (Lipinski definition) is 1. The molecule has 3 rings (SSSR count). The number of benzene rings is 1. The second-order valence-electron chi connectivity index (χ2n) is 4.86. The predicted molar refractivity (Wildman–Crippen MR) is 78.7 cm³/mol. The molecule has 0 aliphatic heterocycles. The zero-order valence-corrected chi connectivity index (χ0v) is 11.5. The van der Waals surface area contributed by atoms with Crippen LogP contribution in [0.15, 0.2) is 48.8 Å². The molecule has 0 saturated heterocycles. The highest BCUT2D eigenvalue weighted by atomic mass is 19.1. The van der Waals surface area contributed by atoms with E-state index in [0.717, 1.165) is 11.2 Å². The normalized spacial score (nSPS) is 10.8. The summed E-state index contributed by atoms with van der Waals surface area (Å²) >= 11 is 0. The summed E-state index contributed by atoms with van der Waals surface area (Å²) in [5.41, 5.74) is 2.70. The molecule has 0 saturated carbocycles. The number of imidazole rings is 1. The Balaban J connectivity index is 1.77. The average Bonchev–Trinajstić information content (AvgIpc) is 2.85. The van der Waals surface area contributed by atoms with Gasteiger partial charge < -0.3 is 9.72 Å². The molecular weight excluding hydrogens is 269 g/mol. The smallest absolute Gasteiger partial charge is 0.230 e. The summed E-state index contributed by atoms with van der Waals surface area (Å²) in [5.74, 6) is -0.738. The molecule has 4 nitrogen and oxygen atoms in total. The number of para-hydroxylation sites is 1. The lowest BCUT2D eigenvalue weighted by Gasteiger charge is -2.04. The van der Waals surface area contributed by atoms with E-state index < -0.39 is 5.82 Å². The number of anilines is 1. The lowest BCUT2D eigenvalue weighted by Crippen LogP contribution is -2.15. The Morgan fingerprint density at radius 3 is 2.86 bits per heavy atom. The first-order valence-corrected chi connectivity index (χ1v) is 6.61. The van der Waals surface area contributed by atoms with Gasteiger partial charge in [-0.15, -0.1) is 0 Å². The fraction of sp³-hybridized carbons (Fsp3) is 0.125. The fourth-order valence-electron chi connectivity index (χ4n) is 2.21. The summed E-state index contributed by atoms with van der Waals surface area (Å²) < 4.78 is 15.4.